The Balaban J connectivity index is 2.05. The Morgan fingerprint density at radius 2 is 1.79 bits per heavy atom. The fourth-order valence-electron chi connectivity index (χ4n) is 2.88. The van der Waals surface area contributed by atoms with Gasteiger partial charge in [0.1, 0.15) is 17.5 Å². The van der Waals surface area contributed by atoms with Crippen LogP contribution in [0.3, 0.4) is 0 Å². The number of nitrogens with two attached hydrogens (primary N) is 1. The highest BCUT2D eigenvalue weighted by Gasteiger charge is 2.64. The number of nitrogens with one attached hydrogen (secondary N) is 1. The van der Waals surface area contributed by atoms with Crippen LogP contribution >= 0.6 is 0 Å². The highest BCUT2D eigenvalue weighted by Crippen LogP contribution is 2.68. The van der Waals surface area contributed by atoms with Gasteiger partial charge in [-0.25, -0.2) is 9.97 Å². The van der Waals surface area contributed by atoms with Crippen molar-refractivity contribution in [1.82, 2.24) is 9.97 Å². The van der Waals surface area contributed by atoms with Crippen LogP contribution in [0.15, 0.2) is 6.07 Å². The van der Waals surface area contributed by atoms with Crippen molar-refractivity contribution in [3.8, 4) is 0 Å². The van der Waals surface area contributed by atoms with Crippen LogP contribution in [0, 0.1) is 16.7 Å². The van der Waals surface area contributed by atoms with Crippen LogP contribution in [-0.4, -0.2) is 16.5 Å². The Morgan fingerprint density at radius 1 is 1.21 bits per heavy atom. The van der Waals surface area contributed by atoms with Gasteiger partial charge in [-0.05, 0) is 16.7 Å². The molecular formula is C15H26N4. The van der Waals surface area contributed by atoms with Gasteiger partial charge in [0.05, 0.1) is 0 Å². The summed E-state index contributed by atoms with van der Waals surface area (Å²) in [6, 6.07) is 1.81. The molecule has 19 heavy (non-hydrogen) atoms. The minimum absolute atomic E-state index is 0.290. The molecule has 1 aromatic heterocycles. The monoisotopic (exact) mass is 262 g/mol. The van der Waals surface area contributed by atoms with Crippen molar-refractivity contribution in [2.45, 2.75) is 47.5 Å². The van der Waals surface area contributed by atoms with Crippen molar-refractivity contribution in [2.24, 2.45) is 16.7 Å². The first-order chi connectivity index (χ1) is 8.66. The van der Waals surface area contributed by atoms with E-state index in [1.54, 1.807) is 0 Å². The van der Waals surface area contributed by atoms with Gasteiger partial charge >= 0.3 is 0 Å². The van der Waals surface area contributed by atoms with Gasteiger partial charge in [-0.3, -0.25) is 0 Å². The number of aromatic nitrogens is 2. The summed E-state index contributed by atoms with van der Waals surface area (Å²) in [6.45, 7) is 14.4. The molecule has 1 fully saturated rings. The second-order valence-electron chi connectivity index (χ2n) is 7.07. The lowest BCUT2D eigenvalue weighted by Crippen LogP contribution is -2.12. The molecule has 0 unspecified atom stereocenters. The van der Waals surface area contributed by atoms with E-state index >= 15 is 0 Å². The van der Waals surface area contributed by atoms with Crippen molar-refractivity contribution < 1.29 is 0 Å². The molecule has 0 amide bonds. The Morgan fingerprint density at radius 3 is 2.26 bits per heavy atom. The molecule has 1 saturated carbocycles. The third-order valence-corrected chi connectivity index (χ3v) is 5.09. The van der Waals surface area contributed by atoms with E-state index in [0.717, 1.165) is 18.2 Å². The van der Waals surface area contributed by atoms with Crippen molar-refractivity contribution in [2.75, 3.05) is 17.6 Å². The third kappa shape index (κ3) is 2.40. The number of anilines is 2. The number of hydrogen-bond acceptors (Lipinski definition) is 4. The topological polar surface area (TPSA) is 63.8 Å². The zero-order chi connectivity index (χ0) is 14.4. The molecule has 4 nitrogen and oxygen atoms in total. The predicted molar refractivity (Wildman–Crippen MR) is 80.1 cm³/mol. The van der Waals surface area contributed by atoms with Gasteiger partial charge in [0, 0.05) is 18.5 Å². The van der Waals surface area contributed by atoms with Crippen molar-refractivity contribution in [1.29, 1.82) is 0 Å². The normalized spacial score (nSPS) is 20.6. The fraction of sp³-hybridized carbons (Fsp3) is 0.733. The molecule has 3 N–H and O–H groups in total. The minimum Gasteiger partial charge on any atom is -0.384 e. The first-order valence-corrected chi connectivity index (χ1v) is 7.04. The van der Waals surface area contributed by atoms with E-state index in [1.165, 1.54) is 0 Å². The van der Waals surface area contributed by atoms with Crippen LogP contribution < -0.4 is 11.1 Å². The lowest BCUT2D eigenvalue weighted by Gasteiger charge is -2.10. The van der Waals surface area contributed by atoms with Gasteiger partial charge in [-0.1, -0.05) is 41.5 Å². The number of nitrogen functional groups attached to an aromatic ring is 1. The first-order valence-electron chi connectivity index (χ1n) is 7.04. The number of nitrogens with zero attached hydrogens (tertiary/aromatic N) is 2. The highest BCUT2D eigenvalue weighted by atomic mass is 15.1. The van der Waals surface area contributed by atoms with Gasteiger partial charge < -0.3 is 11.1 Å². The van der Waals surface area contributed by atoms with Crippen LogP contribution in [0.25, 0.3) is 0 Å². The molecule has 106 valence electrons. The molecule has 1 heterocycles. The van der Waals surface area contributed by atoms with E-state index in [0.29, 0.717) is 22.6 Å². The molecule has 1 aliphatic rings. The number of hydrogen-bond donors (Lipinski definition) is 2. The fourth-order valence-corrected chi connectivity index (χ4v) is 2.88. The standard InChI is InChI=1S/C15H26N4/c1-9(2)13-18-11(16)7-12(19-13)17-8-10-14(3,4)15(10,5)6/h7,9-10H,8H2,1-6H3,(H3,16,17,18,19). The molecule has 1 aliphatic carbocycles. The molecule has 0 bridgehead atoms. The maximum Gasteiger partial charge on any atom is 0.135 e. The van der Waals surface area contributed by atoms with Crippen LogP contribution in [0.1, 0.15) is 53.3 Å². The molecule has 0 atom stereocenters. The minimum atomic E-state index is 0.290. The zero-order valence-corrected chi connectivity index (χ0v) is 12.9. The Labute approximate surface area is 116 Å². The lowest BCUT2D eigenvalue weighted by molar-refractivity contribution is 0.457. The molecule has 1 aromatic rings. The number of rotatable bonds is 4. The average molecular weight is 262 g/mol. The molecule has 2 rings (SSSR count). The summed E-state index contributed by atoms with van der Waals surface area (Å²) in [4.78, 5) is 8.79. The maximum absolute atomic E-state index is 5.83. The Kier molecular flexibility index (Phi) is 3.23. The predicted octanol–water partition coefficient (Wildman–Crippen LogP) is 3.28. The van der Waals surface area contributed by atoms with E-state index in [2.05, 4.69) is 56.8 Å². The zero-order valence-electron chi connectivity index (χ0n) is 12.9. The SMILES string of the molecule is CC(C)c1nc(N)cc(NCC2C(C)(C)C2(C)C)n1. The molecule has 0 aliphatic heterocycles. The van der Waals surface area contributed by atoms with E-state index in [-0.39, 0.29) is 5.92 Å². The average Bonchev–Trinajstić information content (AvgIpc) is 2.66. The summed E-state index contributed by atoms with van der Waals surface area (Å²) in [5.41, 5.74) is 6.61. The van der Waals surface area contributed by atoms with Gasteiger partial charge in [0.15, 0.2) is 0 Å². The van der Waals surface area contributed by atoms with Gasteiger partial charge in [0.25, 0.3) is 0 Å². The van der Waals surface area contributed by atoms with Crippen LogP contribution in [0.4, 0.5) is 11.6 Å². The summed E-state index contributed by atoms with van der Waals surface area (Å²) >= 11 is 0. The maximum atomic E-state index is 5.83. The van der Waals surface area contributed by atoms with Crippen LogP contribution in [0.2, 0.25) is 0 Å². The quantitative estimate of drug-likeness (QED) is 0.874. The van der Waals surface area contributed by atoms with Gasteiger partial charge in [0.2, 0.25) is 0 Å². The molecule has 4 heteroatoms. The smallest absolute Gasteiger partial charge is 0.135 e. The largest absolute Gasteiger partial charge is 0.384 e. The summed E-state index contributed by atoms with van der Waals surface area (Å²) in [5.74, 6) is 3.14. The lowest BCUT2D eigenvalue weighted by atomic mass is 10.0. The summed E-state index contributed by atoms with van der Waals surface area (Å²) in [6.07, 6.45) is 0. The molecule has 0 saturated heterocycles. The highest BCUT2D eigenvalue weighted by molar-refractivity contribution is 5.45. The van der Waals surface area contributed by atoms with Crippen molar-refractivity contribution in [3.63, 3.8) is 0 Å². The Bertz CT molecular complexity index is 463. The van der Waals surface area contributed by atoms with E-state index in [1.807, 2.05) is 6.07 Å². The Hall–Kier alpha value is -1.32. The third-order valence-electron chi connectivity index (χ3n) is 5.09. The molecular weight excluding hydrogens is 236 g/mol. The van der Waals surface area contributed by atoms with E-state index in [9.17, 15) is 0 Å². The van der Waals surface area contributed by atoms with Gasteiger partial charge in [-0.2, -0.15) is 0 Å². The van der Waals surface area contributed by atoms with E-state index in [4.69, 9.17) is 5.73 Å². The van der Waals surface area contributed by atoms with E-state index < -0.39 is 0 Å². The molecule has 0 radical (unpaired) electrons. The molecule has 0 aromatic carbocycles. The van der Waals surface area contributed by atoms with Crippen molar-refractivity contribution in [3.05, 3.63) is 11.9 Å². The van der Waals surface area contributed by atoms with Gasteiger partial charge in [-0.15, -0.1) is 0 Å². The summed E-state index contributed by atoms with van der Waals surface area (Å²) in [5, 5.41) is 3.42. The summed E-state index contributed by atoms with van der Waals surface area (Å²) in [7, 11) is 0. The second-order valence-corrected chi connectivity index (χ2v) is 7.07. The summed E-state index contributed by atoms with van der Waals surface area (Å²) < 4.78 is 0. The van der Waals surface area contributed by atoms with Crippen LogP contribution in [-0.2, 0) is 0 Å². The molecule has 0 spiro atoms. The second kappa shape index (κ2) is 4.36. The van der Waals surface area contributed by atoms with Crippen LogP contribution in [0.5, 0.6) is 0 Å². The first kappa shape index (κ1) is 14.1. The van der Waals surface area contributed by atoms with Crippen molar-refractivity contribution >= 4 is 11.6 Å².